The zero-order valence-electron chi connectivity index (χ0n) is 11.3. The van der Waals surface area contributed by atoms with E-state index < -0.39 is 0 Å². The Hall–Kier alpha value is -1.43. The van der Waals surface area contributed by atoms with Gasteiger partial charge >= 0.3 is 0 Å². The molecule has 102 valence electrons. The van der Waals surface area contributed by atoms with Crippen LogP contribution in [-0.2, 0) is 11.2 Å². The maximum absolute atomic E-state index is 11.8. The Balaban J connectivity index is 2.31. The fourth-order valence-corrected chi connectivity index (χ4v) is 1.76. The molecule has 0 spiro atoms. The molecule has 1 rings (SSSR count). The summed E-state index contributed by atoms with van der Waals surface area (Å²) in [6.07, 6.45) is 1.35. The maximum atomic E-state index is 11.8. The molecule has 1 atom stereocenters. The smallest absolute Gasteiger partial charge is 0.228 e. The zero-order valence-corrected chi connectivity index (χ0v) is 11.3. The molecule has 0 aliphatic rings. The molecular weight excluding hydrogens is 232 g/mol. The topological polar surface area (TPSA) is 94.0 Å². The van der Waals surface area contributed by atoms with Gasteiger partial charge in [0.05, 0.1) is 5.92 Å². The van der Waals surface area contributed by atoms with Crippen LogP contribution in [0.1, 0.15) is 32.0 Å². The largest absolute Gasteiger partial charge is 0.355 e. The van der Waals surface area contributed by atoms with E-state index in [-0.39, 0.29) is 11.8 Å². The highest BCUT2D eigenvalue weighted by Gasteiger charge is 2.17. The number of hydrogen-bond acceptors (Lipinski definition) is 5. The quantitative estimate of drug-likeness (QED) is 0.745. The van der Waals surface area contributed by atoms with Gasteiger partial charge in [-0.25, -0.2) is 0 Å². The minimum atomic E-state index is -0.116. The summed E-state index contributed by atoms with van der Waals surface area (Å²) in [5.41, 5.74) is 5.61. The highest BCUT2D eigenvalue weighted by molar-refractivity contribution is 5.78. The molecule has 0 bridgehead atoms. The molecule has 0 fully saturated rings. The molecule has 18 heavy (non-hydrogen) atoms. The Kier molecular flexibility index (Phi) is 5.77. The molecule has 0 radical (unpaired) electrons. The molecule has 3 N–H and O–H groups in total. The first kappa shape index (κ1) is 14.6. The second kappa shape index (κ2) is 7.10. The summed E-state index contributed by atoms with van der Waals surface area (Å²) in [5.74, 6) is 1.50. The molecule has 0 aromatic carbocycles. The van der Waals surface area contributed by atoms with Gasteiger partial charge < -0.3 is 15.6 Å². The zero-order chi connectivity index (χ0) is 13.5. The lowest BCUT2D eigenvalue weighted by atomic mass is 9.96. The molecule has 0 aliphatic carbocycles. The molecule has 0 saturated carbocycles. The van der Waals surface area contributed by atoms with Crippen molar-refractivity contribution in [2.24, 2.45) is 17.6 Å². The lowest BCUT2D eigenvalue weighted by molar-refractivity contribution is -0.125. The monoisotopic (exact) mass is 254 g/mol. The Bertz CT molecular complexity index is 376. The number of hydrogen-bond donors (Lipinski definition) is 2. The van der Waals surface area contributed by atoms with Crippen molar-refractivity contribution in [1.29, 1.82) is 0 Å². The SMILES string of the molecule is Cc1noc(CCNC(=O)C(CN)CC(C)C)n1. The molecular formula is C12H22N4O2. The number of carbonyl (C=O) groups is 1. The second-order valence-corrected chi connectivity index (χ2v) is 4.84. The summed E-state index contributed by atoms with van der Waals surface area (Å²) in [4.78, 5) is 15.9. The number of nitrogens with two attached hydrogens (primary N) is 1. The van der Waals surface area contributed by atoms with E-state index in [1.54, 1.807) is 6.92 Å². The fourth-order valence-electron chi connectivity index (χ4n) is 1.76. The minimum absolute atomic E-state index is 0.00226. The van der Waals surface area contributed by atoms with Crippen molar-refractivity contribution in [3.8, 4) is 0 Å². The number of carbonyl (C=O) groups excluding carboxylic acids is 1. The van der Waals surface area contributed by atoms with Gasteiger partial charge in [0.2, 0.25) is 11.8 Å². The molecule has 0 aliphatic heterocycles. The van der Waals surface area contributed by atoms with E-state index >= 15 is 0 Å². The van der Waals surface area contributed by atoms with Crippen LogP contribution >= 0.6 is 0 Å². The van der Waals surface area contributed by atoms with Gasteiger partial charge in [0.1, 0.15) is 0 Å². The summed E-state index contributed by atoms with van der Waals surface area (Å²) in [5, 5.41) is 6.54. The van der Waals surface area contributed by atoms with Gasteiger partial charge in [-0.05, 0) is 19.3 Å². The van der Waals surface area contributed by atoms with Crippen molar-refractivity contribution in [3.05, 3.63) is 11.7 Å². The van der Waals surface area contributed by atoms with E-state index in [0.717, 1.165) is 6.42 Å². The third-order valence-electron chi connectivity index (χ3n) is 2.62. The van der Waals surface area contributed by atoms with Gasteiger partial charge in [0.25, 0.3) is 0 Å². The van der Waals surface area contributed by atoms with Crippen molar-refractivity contribution in [3.63, 3.8) is 0 Å². The van der Waals surface area contributed by atoms with Crippen molar-refractivity contribution < 1.29 is 9.32 Å². The van der Waals surface area contributed by atoms with Crippen molar-refractivity contribution >= 4 is 5.91 Å². The van der Waals surface area contributed by atoms with E-state index in [9.17, 15) is 4.79 Å². The van der Waals surface area contributed by atoms with Gasteiger partial charge in [0.15, 0.2) is 5.82 Å². The predicted molar refractivity (Wildman–Crippen MR) is 67.7 cm³/mol. The van der Waals surface area contributed by atoms with Crippen LogP contribution in [0.4, 0.5) is 0 Å². The lowest BCUT2D eigenvalue weighted by Gasteiger charge is -2.16. The van der Waals surface area contributed by atoms with Crippen LogP contribution in [0, 0.1) is 18.8 Å². The van der Waals surface area contributed by atoms with E-state index in [1.807, 2.05) is 0 Å². The van der Waals surface area contributed by atoms with E-state index in [1.165, 1.54) is 0 Å². The van der Waals surface area contributed by atoms with Crippen LogP contribution in [0.2, 0.25) is 0 Å². The summed E-state index contributed by atoms with van der Waals surface area (Å²) in [7, 11) is 0. The normalized spacial score (nSPS) is 12.7. The third kappa shape index (κ3) is 4.83. The molecule has 1 heterocycles. The van der Waals surface area contributed by atoms with Crippen LogP contribution in [-0.4, -0.2) is 29.1 Å². The summed E-state index contributed by atoms with van der Waals surface area (Å²) >= 11 is 0. The number of nitrogens with one attached hydrogen (secondary N) is 1. The summed E-state index contributed by atoms with van der Waals surface area (Å²) < 4.78 is 4.96. The number of rotatable bonds is 7. The number of aryl methyl sites for hydroxylation is 1. The molecule has 1 aromatic rings. The average molecular weight is 254 g/mol. The standard InChI is InChI=1S/C12H22N4O2/c1-8(2)6-10(7-13)12(17)14-5-4-11-15-9(3)16-18-11/h8,10H,4-7,13H2,1-3H3,(H,14,17). The molecule has 1 amide bonds. The van der Waals surface area contributed by atoms with Crippen molar-refractivity contribution in [2.45, 2.75) is 33.6 Å². The lowest BCUT2D eigenvalue weighted by Crippen LogP contribution is -2.36. The third-order valence-corrected chi connectivity index (χ3v) is 2.62. The summed E-state index contributed by atoms with van der Waals surface area (Å²) in [6, 6.07) is 0. The van der Waals surface area contributed by atoms with Gasteiger partial charge in [-0.3, -0.25) is 4.79 Å². The highest BCUT2D eigenvalue weighted by atomic mass is 16.5. The van der Waals surface area contributed by atoms with Gasteiger partial charge in [-0.2, -0.15) is 4.98 Å². The van der Waals surface area contributed by atoms with Crippen LogP contribution in [0.15, 0.2) is 4.52 Å². The minimum Gasteiger partial charge on any atom is -0.355 e. The Labute approximate surface area is 107 Å². The van der Waals surface area contributed by atoms with Crippen molar-refractivity contribution in [2.75, 3.05) is 13.1 Å². The van der Waals surface area contributed by atoms with Gasteiger partial charge in [0, 0.05) is 19.5 Å². The van der Waals surface area contributed by atoms with E-state index in [4.69, 9.17) is 10.3 Å². The first-order valence-electron chi connectivity index (χ1n) is 6.30. The van der Waals surface area contributed by atoms with E-state index in [0.29, 0.717) is 37.1 Å². The van der Waals surface area contributed by atoms with E-state index in [2.05, 4.69) is 29.3 Å². The predicted octanol–water partition coefficient (Wildman–Crippen LogP) is 0.658. The van der Waals surface area contributed by atoms with Gasteiger partial charge in [-0.15, -0.1) is 0 Å². The van der Waals surface area contributed by atoms with Crippen LogP contribution in [0.3, 0.4) is 0 Å². The highest BCUT2D eigenvalue weighted by Crippen LogP contribution is 2.10. The first-order chi connectivity index (χ1) is 8.52. The molecule has 1 unspecified atom stereocenters. The average Bonchev–Trinajstić information content (AvgIpc) is 2.71. The Morgan fingerprint density at radius 3 is 2.72 bits per heavy atom. The number of aromatic nitrogens is 2. The van der Waals surface area contributed by atoms with Crippen LogP contribution < -0.4 is 11.1 Å². The fraction of sp³-hybridized carbons (Fsp3) is 0.750. The van der Waals surface area contributed by atoms with Crippen LogP contribution in [0.5, 0.6) is 0 Å². The first-order valence-corrected chi connectivity index (χ1v) is 6.30. The Morgan fingerprint density at radius 1 is 1.50 bits per heavy atom. The molecule has 6 heteroatoms. The maximum Gasteiger partial charge on any atom is 0.228 e. The van der Waals surface area contributed by atoms with Gasteiger partial charge in [-0.1, -0.05) is 19.0 Å². The van der Waals surface area contributed by atoms with Crippen LogP contribution in [0.25, 0.3) is 0 Å². The van der Waals surface area contributed by atoms with Crippen molar-refractivity contribution in [1.82, 2.24) is 15.5 Å². The molecule has 6 nitrogen and oxygen atoms in total. The second-order valence-electron chi connectivity index (χ2n) is 4.84. The number of amides is 1. The molecule has 1 aromatic heterocycles. The Morgan fingerprint density at radius 2 is 2.22 bits per heavy atom. The number of nitrogens with zero attached hydrogens (tertiary/aromatic N) is 2. The summed E-state index contributed by atoms with van der Waals surface area (Å²) in [6.45, 7) is 6.80. The molecule has 0 saturated heterocycles.